The van der Waals surface area contributed by atoms with Crippen molar-refractivity contribution in [3.8, 4) is 0 Å². The summed E-state index contributed by atoms with van der Waals surface area (Å²) in [5.41, 5.74) is 0. The van der Waals surface area contributed by atoms with Crippen molar-refractivity contribution in [1.82, 2.24) is 4.90 Å². The van der Waals surface area contributed by atoms with E-state index in [1.54, 1.807) is 12.1 Å². The monoisotopic (exact) mass is 223 g/mol. The van der Waals surface area contributed by atoms with Crippen molar-refractivity contribution in [2.24, 2.45) is 5.92 Å². The number of hydrogen-bond donors (Lipinski definition) is 0. The standard InChI is InChI=1S/C13H21NO2/c1-10(2)8-14(11(3)4)9-12(15)13-6-5-7-16-13/h5-7,10-11H,8-9H2,1-4H3. The van der Waals surface area contributed by atoms with Gasteiger partial charge in [0.15, 0.2) is 5.76 Å². The van der Waals surface area contributed by atoms with Crippen LogP contribution in [0.2, 0.25) is 0 Å². The third-order valence-corrected chi connectivity index (χ3v) is 2.47. The smallest absolute Gasteiger partial charge is 0.211 e. The Morgan fingerprint density at radius 2 is 2.06 bits per heavy atom. The summed E-state index contributed by atoms with van der Waals surface area (Å²) in [6, 6.07) is 3.84. The molecule has 0 aliphatic carbocycles. The molecule has 0 unspecified atom stereocenters. The summed E-state index contributed by atoms with van der Waals surface area (Å²) < 4.78 is 5.10. The minimum Gasteiger partial charge on any atom is -0.461 e. The maximum Gasteiger partial charge on any atom is 0.211 e. The van der Waals surface area contributed by atoms with E-state index in [4.69, 9.17) is 4.42 Å². The topological polar surface area (TPSA) is 33.5 Å². The van der Waals surface area contributed by atoms with Gasteiger partial charge in [-0.2, -0.15) is 0 Å². The molecule has 0 saturated carbocycles. The molecular formula is C13H21NO2. The summed E-state index contributed by atoms with van der Waals surface area (Å²) in [5.74, 6) is 1.07. The highest BCUT2D eigenvalue weighted by Gasteiger charge is 2.17. The fourth-order valence-corrected chi connectivity index (χ4v) is 1.63. The van der Waals surface area contributed by atoms with Crippen LogP contribution in [0.4, 0.5) is 0 Å². The van der Waals surface area contributed by atoms with Gasteiger partial charge in [0.25, 0.3) is 0 Å². The third kappa shape index (κ3) is 3.81. The molecule has 90 valence electrons. The lowest BCUT2D eigenvalue weighted by Crippen LogP contribution is -2.38. The van der Waals surface area contributed by atoms with Gasteiger partial charge in [-0.25, -0.2) is 0 Å². The summed E-state index contributed by atoms with van der Waals surface area (Å²) in [6.45, 7) is 9.91. The predicted molar refractivity (Wildman–Crippen MR) is 64.6 cm³/mol. The molecule has 1 aromatic heterocycles. The van der Waals surface area contributed by atoms with E-state index in [1.165, 1.54) is 6.26 Å². The van der Waals surface area contributed by atoms with Gasteiger partial charge in [-0.1, -0.05) is 13.8 Å². The maximum absolute atomic E-state index is 11.9. The summed E-state index contributed by atoms with van der Waals surface area (Å²) in [4.78, 5) is 14.0. The number of nitrogens with zero attached hydrogens (tertiary/aromatic N) is 1. The van der Waals surface area contributed by atoms with E-state index in [0.29, 0.717) is 24.3 Å². The number of carbonyl (C=O) groups excluding carboxylic acids is 1. The lowest BCUT2D eigenvalue weighted by atomic mass is 10.1. The van der Waals surface area contributed by atoms with Crippen LogP contribution in [0, 0.1) is 5.92 Å². The molecule has 0 spiro atoms. The number of ketones is 1. The van der Waals surface area contributed by atoms with Crippen molar-refractivity contribution in [3.05, 3.63) is 24.2 Å². The van der Waals surface area contributed by atoms with Gasteiger partial charge in [0.1, 0.15) is 0 Å². The van der Waals surface area contributed by atoms with Crippen molar-refractivity contribution < 1.29 is 9.21 Å². The van der Waals surface area contributed by atoms with Gasteiger partial charge >= 0.3 is 0 Å². The first-order valence-electron chi connectivity index (χ1n) is 5.81. The second kappa shape index (κ2) is 5.85. The van der Waals surface area contributed by atoms with E-state index in [0.717, 1.165) is 6.54 Å². The quantitative estimate of drug-likeness (QED) is 0.695. The Morgan fingerprint density at radius 3 is 2.50 bits per heavy atom. The van der Waals surface area contributed by atoms with E-state index in [-0.39, 0.29) is 5.78 Å². The van der Waals surface area contributed by atoms with Crippen LogP contribution in [-0.4, -0.2) is 29.8 Å². The molecule has 1 rings (SSSR count). The number of Topliss-reactive ketones (excluding diaryl/α,β-unsaturated/α-hetero) is 1. The summed E-state index contributed by atoms with van der Waals surface area (Å²) >= 11 is 0. The molecule has 0 aliphatic heterocycles. The summed E-state index contributed by atoms with van der Waals surface area (Å²) in [5, 5.41) is 0. The van der Waals surface area contributed by atoms with Gasteiger partial charge < -0.3 is 4.42 Å². The molecule has 1 heterocycles. The lowest BCUT2D eigenvalue weighted by Gasteiger charge is -2.27. The van der Waals surface area contributed by atoms with E-state index < -0.39 is 0 Å². The lowest BCUT2D eigenvalue weighted by molar-refractivity contribution is 0.0865. The van der Waals surface area contributed by atoms with Crippen LogP contribution in [0.5, 0.6) is 0 Å². The van der Waals surface area contributed by atoms with Gasteiger partial charge in [-0.3, -0.25) is 9.69 Å². The van der Waals surface area contributed by atoms with Crippen molar-refractivity contribution in [3.63, 3.8) is 0 Å². The molecule has 0 bridgehead atoms. The first kappa shape index (κ1) is 13.0. The number of hydrogen-bond acceptors (Lipinski definition) is 3. The van der Waals surface area contributed by atoms with Crippen LogP contribution in [0.1, 0.15) is 38.2 Å². The Morgan fingerprint density at radius 1 is 1.38 bits per heavy atom. The zero-order valence-electron chi connectivity index (χ0n) is 10.6. The van der Waals surface area contributed by atoms with E-state index in [9.17, 15) is 4.79 Å². The second-order valence-corrected chi connectivity index (χ2v) is 4.82. The minimum absolute atomic E-state index is 0.0550. The third-order valence-electron chi connectivity index (χ3n) is 2.47. The fourth-order valence-electron chi connectivity index (χ4n) is 1.63. The van der Waals surface area contributed by atoms with E-state index >= 15 is 0 Å². The van der Waals surface area contributed by atoms with Crippen LogP contribution >= 0.6 is 0 Å². The Hall–Kier alpha value is -1.09. The average molecular weight is 223 g/mol. The summed E-state index contributed by atoms with van der Waals surface area (Å²) in [7, 11) is 0. The zero-order chi connectivity index (χ0) is 12.1. The molecule has 3 heteroatoms. The molecular weight excluding hydrogens is 202 g/mol. The highest BCUT2D eigenvalue weighted by Crippen LogP contribution is 2.08. The van der Waals surface area contributed by atoms with Crippen LogP contribution < -0.4 is 0 Å². The Balaban J connectivity index is 2.58. The molecule has 0 aliphatic rings. The highest BCUT2D eigenvalue weighted by atomic mass is 16.3. The van der Waals surface area contributed by atoms with Crippen LogP contribution in [0.25, 0.3) is 0 Å². The molecule has 0 radical (unpaired) electrons. The van der Waals surface area contributed by atoms with Gasteiger partial charge in [-0.15, -0.1) is 0 Å². The van der Waals surface area contributed by atoms with Crippen molar-refractivity contribution in [2.75, 3.05) is 13.1 Å². The van der Waals surface area contributed by atoms with Crippen molar-refractivity contribution >= 4 is 5.78 Å². The average Bonchev–Trinajstić information content (AvgIpc) is 2.68. The van der Waals surface area contributed by atoms with Crippen LogP contribution in [-0.2, 0) is 0 Å². The molecule has 3 nitrogen and oxygen atoms in total. The van der Waals surface area contributed by atoms with Gasteiger partial charge in [0, 0.05) is 12.6 Å². The van der Waals surface area contributed by atoms with Crippen molar-refractivity contribution in [2.45, 2.75) is 33.7 Å². The molecule has 0 amide bonds. The van der Waals surface area contributed by atoms with Crippen LogP contribution in [0.15, 0.2) is 22.8 Å². The molecule has 0 atom stereocenters. The van der Waals surface area contributed by atoms with Gasteiger partial charge in [0.2, 0.25) is 5.78 Å². The van der Waals surface area contributed by atoms with E-state index in [2.05, 4.69) is 32.6 Å². The van der Waals surface area contributed by atoms with Gasteiger partial charge in [0.05, 0.1) is 12.8 Å². The molecule has 0 N–H and O–H groups in total. The maximum atomic E-state index is 11.9. The Kier molecular flexibility index (Phi) is 4.74. The molecule has 0 saturated heterocycles. The minimum atomic E-state index is 0.0550. The van der Waals surface area contributed by atoms with Crippen LogP contribution in [0.3, 0.4) is 0 Å². The Bertz CT molecular complexity index is 315. The molecule has 0 aromatic carbocycles. The zero-order valence-corrected chi connectivity index (χ0v) is 10.6. The fraction of sp³-hybridized carbons (Fsp3) is 0.615. The molecule has 1 aromatic rings. The number of furan rings is 1. The summed E-state index contributed by atoms with van der Waals surface area (Å²) in [6.07, 6.45) is 1.54. The SMILES string of the molecule is CC(C)CN(CC(=O)c1ccco1)C(C)C. The van der Waals surface area contributed by atoms with Gasteiger partial charge in [-0.05, 0) is 31.9 Å². The largest absolute Gasteiger partial charge is 0.461 e. The predicted octanol–water partition coefficient (Wildman–Crippen LogP) is 2.83. The Labute approximate surface area is 97.4 Å². The normalized spacial score (nSPS) is 11.7. The molecule has 0 fully saturated rings. The first-order valence-corrected chi connectivity index (χ1v) is 5.81. The van der Waals surface area contributed by atoms with Crippen molar-refractivity contribution in [1.29, 1.82) is 0 Å². The highest BCUT2D eigenvalue weighted by molar-refractivity contribution is 5.95. The second-order valence-electron chi connectivity index (χ2n) is 4.82. The van der Waals surface area contributed by atoms with E-state index in [1.807, 2.05) is 0 Å². The first-order chi connectivity index (χ1) is 7.50. The molecule has 16 heavy (non-hydrogen) atoms. The number of rotatable bonds is 6. The number of carbonyl (C=O) groups is 1.